The van der Waals surface area contributed by atoms with Crippen molar-refractivity contribution in [3.8, 4) is 17.6 Å². The minimum absolute atomic E-state index is 0.0346. The number of hydrogen-bond acceptors (Lipinski definition) is 17. The summed E-state index contributed by atoms with van der Waals surface area (Å²) in [5, 5.41) is 9.94. The first-order chi connectivity index (χ1) is 49.3. The number of rotatable bonds is 59. The van der Waals surface area contributed by atoms with Gasteiger partial charge in [-0.25, -0.2) is 4.79 Å². The van der Waals surface area contributed by atoms with Crippen LogP contribution in [-0.2, 0) is 98.8 Å². The lowest BCUT2D eigenvalue weighted by Gasteiger charge is -2.49. The summed E-state index contributed by atoms with van der Waals surface area (Å²) in [7, 11) is 0.653. The number of nitrogens with zero attached hydrogens (tertiary/aromatic N) is 1. The molecule has 8 atom stereocenters. The summed E-state index contributed by atoms with van der Waals surface area (Å²) in [5.74, 6) is 0.0811. The van der Waals surface area contributed by atoms with Crippen molar-refractivity contribution in [1.82, 2.24) is 0 Å². The highest BCUT2D eigenvalue weighted by Gasteiger charge is 2.56. The topological polar surface area (TPSA) is 187 Å². The Hall–Kier alpha value is -5.84. The molecule has 1 aliphatic rings. The van der Waals surface area contributed by atoms with Crippen LogP contribution in [0.15, 0.2) is 140 Å². The average Bonchev–Trinajstić information content (AvgIpc) is 0.763. The van der Waals surface area contributed by atoms with E-state index in [4.69, 9.17) is 65.7 Å². The highest BCUT2D eigenvalue weighted by atomic mass is 31.2. The summed E-state index contributed by atoms with van der Waals surface area (Å²) >= 11 is 0. The number of carbonyl (C=O) groups is 2. The van der Waals surface area contributed by atoms with Crippen molar-refractivity contribution < 1.29 is 75.3 Å². The fourth-order valence-corrected chi connectivity index (χ4v) is 13.2. The molecule has 18 heteroatoms. The van der Waals surface area contributed by atoms with Gasteiger partial charge in [-0.3, -0.25) is 4.79 Å². The smallest absolute Gasteiger partial charge is 0.349 e. The number of unbranched alkanes of at least 4 members (excludes halogenated alkanes) is 24. The minimum atomic E-state index is -2.58. The van der Waals surface area contributed by atoms with E-state index in [1.54, 1.807) is 14.2 Å². The Kier molecular flexibility index (Phi) is 44.8. The summed E-state index contributed by atoms with van der Waals surface area (Å²) in [4.78, 5) is 28.3. The highest BCUT2D eigenvalue weighted by molar-refractivity contribution is 7.41. The number of hydrogen-bond donors (Lipinski definition) is 0. The predicted molar refractivity (Wildman–Crippen MR) is 391 cm³/mol. The zero-order valence-electron chi connectivity index (χ0n) is 60.6. The third kappa shape index (κ3) is 34.9. The van der Waals surface area contributed by atoms with E-state index in [1.165, 1.54) is 116 Å². The van der Waals surface area contributed by atoms with Crippen molar-refractivity contribution in [3.63, 3.8) is 0 Å². The molecule has 0 spiro atoms. The van der Waals surface area contributed by atoms with E-state index in [0.29, 0.717) is 24.3 Å². The van der Waals surface area contributed by atoms with Gasteiger partial charge in [0.15, 0.2) is 0 Å². The van der Waals surface area contributed by atoms with E-state index in [2.05, 4.69) is 19.9 Å². The molecule has 0 saturated heterocycles. The van der Waals surface area contributed by atoms with Gasteiger partial charge in [0.2, 0.25) is 6.10 Å². The molecule has 1 saturated carbocycles. The second-order valence-corrected chi connectivity index (χ2v) is 27.1. The Labute approximate surface area is 600 Å². The molecule has 1 aliphatic carbocycles. The second-order valence-electron chi connectivity index (χ2n) is 25.9. The van der Waals surface area contributed by atoms with Crippen molar-refractivity contribution in [2.75, 3.05) is 47.6 Å². The molecule has 1 unspecified atom stereocenters. The first kappa shape index (κ1) is 83.1. The van der Waals surface area contributed by atoms with Crippen LogP contribution in [0.2, 0.25) is 0 Å². The van der Waals surface area contributed by atoms with Crippen LogP contribution in [0, 0.1) is 11.3 Å². The fourth-order valence-electron chi connectivity index (χ4n) is 12.0. The van der Waals surface area contributed by atoms with E-state index in [0.717, 1.165) is 66.3 Å². The van der Waals surface area contributed by atoms with Gasteiger partial charge >= 0.3 is 20.5 Å². The molecule has 0 bridgehead atoms. The van der Waals surface area contributed by atoms with Gasteiger partial charge in [0.05, 0.1) is 73.0 Å². The maximum Gasteiger partial charge on any atom is 0.349 e. The van der Waals surface area contributed by atoms with Crippen molar-refractivity contribution in [3.05, 3.63) is 167 Å². The lowest BCUT2D eigenvalue weighted by Crippen LogP contribution is -2.67. The first-order valence-electron chi connectivity index (χ1n) is 37.4. The second kappa shape index (κ2) is 53.9. The molecule has 5 aromatic carbocycles. The Morgan fingerprint density at radius 2 is 0.770 bits per heavy atom. The van der Waals surface area contributed by atoms with Gasteiger partial charge < -0.3 is 65.7 Å². The van der Waals surface area contributed by atoms with Gasteiger partial charge in [-0.15, -0.1) is 0 Å². The van der Waals surface area contributed by atoms with Crippen LogP contribution in [0.1, 0.15) is 221 Å². The quantitative estimate of drug-likeness (QED) is 0.0155. The van der Waals surface area contributed by atoms with Gasteiger partial charge in [0.1, 0.15) is 68.3 Å². The third-order valence-electron chi connectivity index (χ3n) is 17.8. The summed E-state index contributed by atoms with van der Waals surface area (Å²) < 4.78 is 91.3. The maximum atomic E-state index is 14.4. The molecule has 17 nitrogen and oxygen atoms in total. The summed E-state index contributed by atoms with van der Waals surface area (Å²) in [6, 6.07) is 46.6. The van der Waals surface area contributed by atoms with Crippen LogP contribution in [0.4, 0.5) is 0 Å². The first-order valence-corrected chi connectivity index (χ1v) is 38.5. The Morgan fingerprint density at radius 1 is 0.410 bits per heavy atom. The third-order valence-corrected chi connectivity index (χ3v) is 19.0. The number of nitriles is 1. The normalized spacial score (nSPS) is 17.3. The van der Waals surface area contributed by atoms with E-state index in [9.17, 15) is 14.9 Å². The standard InChI is InChI=1S/C82H118NO16P/c1-5-7-9-11-13-15-17-19-21-23-25-27-38-47-75(84)98-74(82(85)90-57-39-28-26-24-22-20-18-16-14-12-10-8-6-2)64-97-100(96-58-40-56-83)99-81-79(94-65-88-59-67-41-32-29-33-42-67)77(91-61-69-45-36-31-37-46-69)76(92-62-70-48-52-72(86-3)53-49-70)78(93-63-71-50-54-73(87-4)55-51-71)80(81)95-66-89-60-68-43-34-30-35-44-68/h29-37,41-46,48-55,74,76-81H,5-28,38-40,47,57-66H2,1-4H3/t74-,76-,77-,78+,79-,80-,81-,100?/m1/s1. The van der Waals surface area contributed by atoms with Crippen molar-refractivity contribution in [1.29, 1.82) is 5.26 Å². The lowest BCUT2D eigenvalue weighted by molar-refractivity contribution is -0.296. The van der Waals surface area contributed by atoms with Gasteiger partial charge in [0, 0.05) is 6.42 Å². The van der Waals surface area contributed by atoms with Crippen molar-refractivity contribution >= 4 is 20.5 Å². The Bertz CT molecular complexity index is 2850. The molecule has 100 heavy (non-hydrogen) atoms. The Morgan fingerprint density at radius 3 is 1.16 bits per heavy atom. The number of carbonyl (C=O) groups excluding carboxylic acids is 2. The van der Waals surface area contributed by atoms with E-state index in [1.807, 2.05) is 140 Å². The van der Waals surface area contributed by atoms with E-state index in [-0.39, 0.29) is 72.7 Å². The Balaban J connectivity index is 1.30. The minimum Gasteiger partial charge on any atom is -0.497 e. The highest BCUT2D eigenvalue weighted by Crippen LogP contribution is 2.47. The van der Waals surface area contributed by atoms with Crippen LogP contribution in [0.3, 0.4) is 0 Å². The van der Waals surface area contributed by atoms with Crippen molar-refractivity contribution in [2.45, 2.75) is 269 Å². The summed E-state index contributed by atoms with van der Waals surface area (Å²) in [6.45, 7) is 4.24. The number of methoxy groups -OCH3 is 2. The molecule has 0 radical (unpaired) electrons. The van der Waals surface area contributed by atoms with Crippen LogP contribution in [0.25, 0.3) is 0 Å². The van der Waals surface area contributed by atoms with Gasteiger partial charge in [-0.1, -0.05) is 283 Å². The summed E-state index contributed by atoms with van der Waals surface area (Å²) in [6.07, 6.45) is 22.5. The monoisotopic (exact) mass is 1400 g/mol. The SMILES string of the molecule is CCCCCCCCCCCCCCCOC(=O)[C@@H](COP(OCCC#N)O[C@@H]1[C@H](OCOCc2ccccc2)[C@H](OCc2ccccc2)[C@@H](OCc2ccc(OC)cc2)[C@H](OCc2ccc(OC)cc2)[C@H]1OCOCc1ccccc1)OC(=O)CCCCCCCCCCCCCCC. The number of ether oxygens (including phenoxy) is 11. The predicted octanol–water partition coefficient (Wildman–Crippen LogP) is 19.5. The molecule has 0 heterocycles. The molecule has 0 amide bonds. The number of esters is 2. The lowest BCUT2D eigenvalue weighted by atomic mass is 9.84. The molecular formula is C82H118NO16P. The molecule has 5 aromatic rings. The van der Waals surface area contributed by atoms with Crippen LogP contribution >= 0.6 is 8.60 Å². The van der Waals surface area contributed by atoms with Gasteiger partial charge in [0.25, 0.3) is 0 Å². The van der Waals surface area contributed by atoms with E-state index >= 15 is 0 Å². The molecule has 552 valence electrons. The summed E-state index contributed by atoms with van der Waals surface area (Å²) in [5.41, 5.74) is 4.38. The van der Waals surface area contributed by atoms with Crippen LogP contribution < -0.4 is 9.47 Å². The molecule has 1 fully saturated rings. The molecule has 0 aromatic heterocycles. The fraction of sp³-hybridized carbons (Fsp3) is 0.598. The zero-order valence-corrected chi connectivity index (χ0v) is 61.5. The molecular weight excluding hydrogens is 1290 g/mol. The molecule has 0 N–H and O–H groups in total. The van der Waals surface area contributed by atoms with Crippen molar-refractivity contribution in [2.24, 2.45) is 0 Å². The van der Waals surface area contributed by atoms with Crippen LogP contribution in [0.5, 0.6) is 11.5 Å². The van der Waals surface area contributed by atoms with E-state index < -0.39 is 69.9 Å². The molecule has 6 rings (SSSR count). The average molecular weight is 1400 g/mol. The van der Waals surface area contributed by atoms with Gasteiger partial charge in [-0.2, -0.15) is 5.26 Å². The van der Waals surface area contributed by atoms with Crippen LogP contribution in [-0.4, -0.2) is 102 Å². The molecule has 0 aliphatic heterocycles. The largest absolute Gasteiger partial charge is 0.497 e. The van der Waals surface area contributed by atoms with Gasteiger partial charge in [-0.05, 0) is 64.9 Å². The maximum absolute atomic E-state index is 14.4. The number of benzene rings is 5. The zero-order chi connectivity index (χ0) is 70.6.